The number of para-hydroxylation sites is 6. The molecule has 25 aromatic rings. The van der Waals surface area contributed by atoms with E-state index in [1.165, 1.54) is 159 Å². The highest BCUT2D eigenvalue weighted by Crippen LogP contribution is 2.52. The number of hydrogen-bond donors (Lipinski definition) is 0. The Morgan fingerprint density at radius 2 is 0.345 bits per heavy atom. The van der Waals surface area contributed by atoms with Gasteiger partial charge in [-0.15, -0.1) is 0 Å². The highest BCUT2D eigenvalue weighted by atomic mass is 16.3. The van der Waals surface area contributed by atoms with Crippen LogP contribution in [0.15, 0.2) is 450 Å². The summed E-state index contributed by atoms with van der Waals surface area (Å²) < 4.78 is 19.5. The molecule has 3 aromatic heterocycles. The molecule has 0 saturated heterocycles. The molecule has 0 N–H and O–H groups in total. The van der Waals surface area contributed by atoms with Crippen LogP contribution in [0.2, 0.25) is 0 Å². The topological polar surface area (TPSA) is 39.4 Å². The van der Waals surface area contributed by atoms with Crippen LogP contribution in [0.3, 0.4) is 0 Å². The minimum Gasteiger partial charge on any atom is -0.455 e. The van der Waals surface area contributed by atoms with E-state index >= 15 is 0 Å². The molecular formula is C116H72O3. The van der Waals surface area contributed by atoms with Crippen molar-refractivity contribution in [2.75, 3.05) is 0 Å². The Hall–Kier alpha value is -15.7. The van der Waals surface area contributed by atoms with E-state index in [-0.39, 0.29) is 0 Å². The molecule has 119 heavy (non-hydrogen) atoms. The Morgan fingerprint density at radius 3 is 0.723 bits per heavy atom. The van der Waals surface area contributed by atoms with Crippen LogP contribution in [-0.4, -0.2) is 0 Å². The average molecular weight is 1510 g/mol. The van der Waals surface area contributed by atoms with Gasteiger partial charge in [-0.3, -0.25) is 0 Å². The summed E-state index contributed by atoms with van der Waals surface area (Å²) in [6, 6.07) is 157. The molecule has 3 heterocycles. The molecular weight excluding hydrogens is 1440 g/mol. The van der Waals surface area contributed by atoms with E-state index in [2.05, 4.69) is 419 Å². The summed E-state index contributed by atoms with van der Waals surface area (Å²) in [6.07, 6.45) is 0. The molecule has 0 radical (unpaired) electrons. The zero-order valence-corrected chi connectivity index (χ0v) is 64.8. The minimum absolute atomic E-state index is 0.918. The first-order valence-corrected chi connectivity index (χ1v) is 40.8. The smallest absolute Gasteiger partial charge is 0.143 e. The molecule has 0 saturated carbocycles. The molecule has 3 nitrogen and oxygen atoms in total. The van der Waals surface area contributed by atoms with Crippen LogP contribution in [0.1, 0.15) is 0 Å². The van der Waals surface area contributed by atoms with E-state index in [1.807, 2.05) is 18.2 Å². The molecule has 0 fully saturated rings. The van der Waals surface area contributed by atoms with Gasteiger partial charge >= 0.3 is 0 Å². The molecule has 0 bridgehead atoms. The molecule has 0 atom stereocenters. The van der Waals surface area contributed by atoms with Crippen molar-refractivity contribution >= 4 is 152 Å². The van der Waals surface area contributed by atoms with Crippen LogP contribution in [-0.2, 0) is 0 Å². The largest absolute Gasteiger partial charge is 0.455 e. The Balaban J connectivity index is 0.000000105. The first-order chi connectivity index (χ1) is 59.1. The quantitative estimate of drug-likeness (QED) is 0.142. The van der Waals surface area contributed by atoms with Gasteiger partial charge in [0, 0.05) is 65.7 Å². The van der Waals surface area contributed by atoms with E-state index in [1.54, 1.807) is 0 Å². The van der Waals surface area contributed by atoms with Gasteiger partial charge in [-0.25, -0.2) is 0 Å². The number of furan rings is 3. The molecule has 25 rings (SSSR count). The zero-order valence-electron chi connectivity index (χ0n) is 64.8. The molecule has 0 aliphatic heterocycles. The van der Waals surface area contributed by atoms with Crippen LogP contribution in [0.25, 0.3) is 241 Å². The molecule has 0 unspecified atom stereocenters. The van der Waals surface area contributed by atoms with E-state index in [4.69, 9.17) is 13.3 Å². The van der Waals surface area contributed by atoms with Crippen molar-refractivity contribution in [3.8, 4) is 89.0 Å². The second-order valence-electron chi connectivity index (χ2n) is 31.0. The fourth-order valence-corrected chi connectivity index (χ4v) is 19.0. The lowest BCUT2D eigenvalue weighted by Crippen LogP contribution is -1.91. The zero-order chi connectivity index (χ0) is 78.4. The Labute approximate surface area is 686 Å². The van der Waals surface area contributed by atoms with Crippen LogP contribution in [0.5, 0.6) is 0 Å². The Bertz CT molecular complexity index is 8190. The molecule has 3 heteroatoms. The van der Waals surface area contributed by atoms with E-state index in [0.717, 1.165) is 82.5 Å². The van der Waals surface area contributed by atoms with Gasteiger partial charge in [0.1, 0.15) is 33.5 Å². The summed E-state index contributed by atoms with van der Waals surface area (Å²) in [4.78, 5) is 0. The molecule has 554 valence electrons. The second kappa shape index (κ2) is 28.7. The summed E-state index contributed by atoms with van der Waals surface area (Å²) >= 11 is 0. The van der Waals surface area contributed by atoms with Crippen molar-refractivity contribution in [3.05, 3.63) is 437 Å². The van der Waals surface area contributed by atoms with Crippen molar-refractivity contribution in [1.82, 2.24) is 0 Å². The van der Waals surface area contributed by atoms with Gasteiger partial charge in [-0.2, -0.15) is 0 Å². The van der Waals surface area contributed by atoms with Gasteiger partial charge < -0.3 is 13.3 Å². The SMILES string of the molecule is c1ccc(-c2cccc(-c3c4ccccc4c(-c4cccc5c4oc4ccccc45)c4ccccc34)c2)cc1.c1ccc2cc(-c3c4ccccc4c(-c4cccc5c4oc4ccccc45)c4ccccc34)ccc2c1.c1ccc2cc(-c3ccc(-c4c5ccccc5c(-c5cccc6c5oc5ccccc56)c5ccccc45)cc3)ccc2c1. The fourth-order valence-electron chi connectivity index (χ4n) is 19.0. The van der Waals surface area contributed by atoms with Crippen molar-refractivity contribution in [2.24, 2.45) is 0 Å². The molecule has 0 amide bonds. The number of rotatable bonds is 8. The third-order valence-corrected chi connectivity index (χ3v) is 24.4. The number of fused-ring (bicyclic) bond motifs is 17. The van der Waals surface area contributed by atoms with E-state index in [9.17, 15) is 0 Å². The van der Waals surface area contributed by atoms with E-state index in [0.29, 0.717) is 0 Å². The maximum absolute atomic E-state index is 6.53. The lowest BCUT2D eigenvalue weighted by Gasteiger charge is -2.18. The Kier molecular flexibility index (Phi) is 16.6. The normalized spacial score (nSPS) is 11.7. The van der Waals surface area contributed by atoms with Crippen molar-refractivity contribution in [3.63, 3.8) is 0 Å². The standard InChI is InChI=1S/C42H26O.C38H24O.C36H22O/c1-2-11-30-26-31(25-22-27(30)10-1)28-20-23-29(24-21-28)40-33-13-3-5-15-35(33)41(36-16-6-4-14-34(36)40)38-18-9-17-37-32-12-7-8-19-39(32)43-42(37)38;1-2-12-25(13-3-1)26-14-10-15-27(24-26)36-29-17-4-6-19-31(29)37(32-20-7-5-18-30(32)36)34-22-11-21-33-28-16-8-9-23-35(28)39-38(33)34;1-2-11-24-22-25(21-20-23(24)10-1)34-27-13-3-5-15-29(27)35(30-16-6-4-14-28(30)34)32-18-9-17-31-26-12-7-8-19-33(26)37-36(31)32/h1-26H;1-24H;1-22H. The highest BCUT2D eigenvalue weighted by Gasteiger charge is 2.25. The van der Waals surface area contributed by atoms with Gasteiger partial charge in [0.05, 0.1) is 0 Å². The maximum atomic E-state index is 6.53. The molecule has 0 aliphatic carbocycles. The van der Waals surface area contributed by atoms with Crippen molar-refractivity contribution in [2.45, 2.75) is 0 Å². The predicted molar refractivity (Wildman–Crippen MR) is 505 cm³/mol. The third kappa shape index (κ3) is 11.6. The summed E-state index contributed by atoms with van der Waals surface area (Å²) in [5.74, 6) is 0. The van der Waals surface area contributed by atoms with Crippen molar-refractivity contribution < 1.29 is 13.3 Å². The summed E-state index contributed by atoms with van der Waals surface area (Å²) in [7, 11) is 0. The molecule has 0 spiro atoms. The number of hydrogen-bond acceptors (Lipinski definition) is 3. The first kappa shape index (κ1) is 68.9. The minimum atomic E-state index is 0.918. The van der Waals surface area contributed by atoms with Gasteiger partial charge in [-0.05, 0) is 178 Å². The lowest BCUT2D eigenvalue weighted by molar-refractivity contribution is 0.669. The molecule has 0 aliphatic rings. The van der Waals surface area contributed by atoms with Gasteiger partial charge in [0.25, 0.3) is 0 Å². The first-order valence-electron chi connectivity index (χ1n) is 40.8. The predicted octanol–water partition coefficient (Wildman–Crippen LogP) is 33.3. The monoisotopic (exact) mass is 1510 g/mol. The van der Waals surface area contributed by atoms with Gasteiger partial charge in [-0.1, -0.05) is 400 Å². The van der Waals surface area contributed by atoms with Gasteiger partial charge in [0.15, 0.2) is 0 Å². The third-order valence-electron chi connectivity index (χ3n) is 24.4. The van der Waals surface area contributed by atoms with Gasteiger partial charge in [0.2, 0.25) is 0 Å². The number of benzene rings is 22. The maximum Gasteiger partial charge on any atom is 0.143 e. The van der Waals surface area contributed by atoms with Crippen LogP contribution < -0.4 is 0 Å². The van der Waals surface area contributed by atoms with Crippen molar-refractivity contribution in [1.29, 1.82) is 0 Å². The fraction of sp³-hybridized carbons (Fsp3) is 0. The summed E-state index contributed by atoms with van der Waals surface area (Å²) in [6.45, 7) is 0. The van der Waals surface area contributed by atoms with E-state index < -0.39 is 0 Å². The Morgan fingerprint density at radius 1 is 0.118 bits per heavy atom. The van der Waals surface area contributed by atoms with Crippen LogP contribution in [0, 0.1) is 0 Å². The average Bonchev–Trinajstić information content (AvgIpc) is 1.72. The van der Waals surface area contributed by atoms with Crippen LogP contribution in [0.4, 0.5) is 0 Å². The lowest BCUT2D eigenvalue weighted by atomic mass is 9.85. The van der Waals surface area contributed by atoms with Crippen LogP contribution >= 0.6 is 0 Å². The second-order valence-corrected chi connectivity index (χ2v) is 31.0. The summed E-state index contributed by atoms with van der Waals surface area (Å²) in [5, 5.41) is 26.8. The molecule has 22 aromatic carbocycles. The summed E-state index contributed by atoms with van der Waals surface area (Å²) in [5.41, 5.74) is 25.0. The highest BCUT2D eigenvalue weighted by molar-refractivity contribution is 6.28.